The molecule has 0 aliphatic heterocycles. The van der Waals surface area contributed by atoms with Crippen LogP contribution >= 0.6 is 0 Å². The standard InChI is InChI=1S/C24H20N4O5/c1-2-4-23-25-22-12-11-20(28(32)33)14-21(22)24(29)26(23)15-16-7-9-17(10-8-16)18-5-3-6-19(13-18)27(30)31/h3,5-14H,2,4,15H2,1H3. The highest BCUT2D eigenvalue weighted by molar-refractivity contribution is 5.80. The van der Waals surface area contributed by atoms with Gasteiger partial charge in [-0.1, -0.05) is 43.3 Å². The van der Waals surface area contributed by atoms with Crippen LogP contribution in [0.15, 0.2) is 71.5 Å². The number of aromatic nitrogens is 2. The van der Waals surface area contributed by atoms with Gasteiger partial charge in [0.15, 0.2) is 0 Å². The highest BCUT2D eigenvalue weighted by Gasteiger charge is 2.15. The second kappa shape index (κ2) is 8.99. The van der Waals surface area contributed by atoms with Crippen molar-refractivity contribution in [3.63, 3.8) is 0 Å². The van der Waals surface area contributed by atoms with Crippen LogP contribution in [0.1, 0.15) is 24.7 Å². The van der Waals surface area contributed by atoms with E-state index in [2.05, 4.69) is 4.98 Å². The van der Waals surface area contributed by atoms with E-state index >= 15 is 0 Å². The average Bonchev–Trinajstić information content (AvgIpc) is 2.82. The summed E-state index contributed by atoms with van der Waals surface area (Å²) in [4.78, 5) is 39.0. The van der Waals surface area contributed by atoms with Crippen LogP contribution in [0.2, 0.25) is 0 Å². The summed E-state index contributed by atoms with van der Waals surface area (Å²) in [5, 5.41) is 22.4. The van der Waals surface area contributed by atoms with Gasteiger partial charge < -0.3 is 0 Å². The zero-order valence-electron chi connectivity index (χ0n) is 17.8. The minimum absolute atomic E-state index is 0.0173. The molecule has 0 atom stereocenters. The first kappa shape index (κ1) is 21.8. The Morgan fingerprint density at radius 2 is 1.58 bits per heavy atom. The normalized spacial score (nSPS) is 10.9. The molecule has 0 aliphatic rings. The smallest absolute Gasteiger partial charge is 0.270 e. The van der Waals surface area contributed by atoms with Crippen LogP contribution in [0, 0.1) is 20.2 Å². The first-order chi connectivity index (χ1) is 15.9. The molecule has 0 N–H and O–H groups in total. The molecule has 3 aromatic carbocycles. The first-order valence-corrected chi connectivity index (χ1v) is 10.4. The van der Waals surface area contributed by atoms with Gasteiger partial charge in [-0.05, 0) is 29.2 Å². The Kier molecular flexibility index (Phi) is 5.95. The molecule has 0 radical (unpaired) electrons. The highest BCUT2D eigenvalue weighted by Crippen LogP contribution is 2.24. The van der Waals surface area contributed by atoms with E-state index in [1.165, 1.54) is 30.3 Å². The molecule has 166 valence electrons. The Hall–Kier alpha value is -4.40. The van der Waals surface area contributed by atoms with Crippen LogP contribution in [0.3, 0.4) is 0 Å². The Morgan fingerprint density at radius 3 is 2.24 bits per heavy atom. The Balaban J connectivity index is 1.72. The summed E-state index contributed by atoms with van der Waals surface area (Å²) >= 11 is 0. The van der Waals surface area contributed by atoms with Crippen molar-refractivity contribution >= 4 is 22.3 Å². The Bertz CT molecular complexity index is 1430. The SMILES string of the molecule is CCCc1nc2ccc([N+](=O)[O-])cc2c(=O)n1Cc1ccc(-c2cccc([N+](=O)[O-])c2)cc1. The molecule has 9 heteroatoms. The summed E-state index contributed by atoms with van der Waals surface area (Å²) in [5.74, 6) is 0.617. The van der Waals surface area contributed by atoms with Crippen molar-refractivity contribution in [1.82, 2.24) is 9.55 Å². The second-order valence-corrected chi connectivity index (χ2v) is 7.63. The summed E-state index contributed by atoms with van der Waals surface area (Å²) in [6.07, 6.45) is 1.38. The summed E-state index contributed by atoms with van der Waals surface area (Å²) < 4.78 is 1.55. The lowest BCUT2D eigenvalue weighted by Gasteiger charge is -2.14. The van der Waals surface area contributed by atoms with Gasteiger partial charge in [0.1, 0.15) is 5.82 Å². The van der Waals surface area contributed by atoms with E-state index in [9.17, 15) is 25.0 Å². The van der Waals surface area contributed by atoms with Crippen molar-refractivity contribution in [3.8, 4) is 11.1 Å². The Morgan fingerprint density at radius 1 is 0.879 bits per heavy atom. The minimum Gasteiger partial charge on any atom is -0.292 e. The van der Waals surface area contributed by atoms with Gasteiger partial charge in [-0.25, -0.2) is 4.98 Å². The number of nitro benzene ring substituents is 2. The first-order valence-electron chi connectivity index (χ1n) is 10.4. The molecule has 0 bridgehead atoms. The number of aryl methyl sites for hydroxylation is 1. The molecule has 0 spiro atoms. The lowest BCUT2D eigenvalue weighted by molar-refractivity contribution is -0.384. The van der Waals surface area contributed by atoms with Gasteiger partial charge in [-0.15, -0.1) is 0 Å². The van der Waals surface area contributed by atoms with Crippen molar-refractivity contribution in [1.29, 1.82) is 0 Å². The van der Waals surface area contributed by atoms with E-state index in [0.717, 1.165) is 23.1 Å². The van der Waals surface area contributed by atoms with E-state index in [4.69, 9.17) is 0 Å². The van der Waals surface area contributed by atoms with Gasteiger partial charge in [-0.2, -0.15) is 0 Å². The summed E-state index contributed by atoms with van der Waals surface area (Å²) in [5.41, 5.74) is 2.35. The van der Waals surface area contributed by atoms with Gasteiger partial charge in [0.25, 0.3) is 16.9 Å². The number of rotatable bonds is 7. The number of fused-ring (bicyclic) bond motifs is 1. The van der Waals surface area contributed by atoms with Crippen molar-refractivity contribution in [2.24, 2.45) is 0 Å². The fourth-order valence-electron chi connectivity index (χ4n) is 3.73. The molecule has 0 amide bonds. The molecule has 4 rings (SSSR count). The predicted octanol–water partition coefficient (Wildman–Crippen LogP) is 4.88. The van der Waals surface area contributed by atoms with E-state index in [0.29, 0.717) is 17.8 Å². The molecule has 0 aliphatic carbocycles. The molecule has 1 heterocycles. The van der Waals surface area contributed by atoms with Crippen LogP contribution in [-0.4, -0.2) is 19.4 Å². The zero-order valence-corrected chi connectivity index (χ0v) is 17.8. The molecule has 0 saturated heterocycles. The minimum atomic E-state index is -0.532. The maximum Gasteiger partial charge on any atom is 0.270 e. The van der Waals surface area contributed by atoms with Crippen LogP contribution in [0.4, 0.5) is 11.4 Å². The fourth-order valence-corrected chi connectivity index (χ4v) is 3.73. The molecular weight excluding hydrogens is 424 g/mol. The molecule has 9 nitrogen and oxygen atoms in total. The molecule has 0 fully saturated rings. The van der Waals surface area contributed by atoms with Crippen LogP contribution < -0.4 is 5.56 Å². The van der Waals surface area contributed by atoms with Gasteiger partial charge in [0.2, 0.25) is 0 Å². The maximum atomic E-state index is 13.2. The lowest BCUT2D eigenvalue weighted by atomic mass is 10.0. The Labute approximate surface area is 188 Å². The highest BCUT2D eigenvalue weighted by atomic mass is 16.6. The van der Waals surface area contributed by atoms with Crippen LogP contribution in [0.25, 0.3) is 22.0 Å². The summed E-state index contributed by atoms with van der Waals surface area (Å²) in [7, 11) is 0. The third-order valence-corrected chi connectivity index (χ3v) is 5.39. The molecule has 0 unspecified atom stereocenters. The van der Waals surface area contributed by atoms with Crippen molar-refractivity contribution in [3.05, 3.63) is 109 Å². The van der Waals surface area contributed by atoms with Crippen LogP contribution in [0.5, 0.6) is 0 Å². The van der Waals surface area contributed by atoms with Gasteiger partial charge in [0, 0.05) is 30.7 Å². The van der Waals surface area contributed by atoms with E-state index < -0.39 is 9.85 Å². The lowest BCUT2D eigenvalue weighted by Crippen LogP contribution is -2.26. The van der Waals surface area contributed by atoms with Crippen molar-refractivity contribution in [2.45, 2.75) is 26.3 Å². The zero-order chi connectivity index (χ0) is 23.5. The number of benzene rings is 3. The number of nitrogens with zero attached hydrogens (tertiary/aromatic N) is 4. The number of hydrogen-bond acceptors (Lipinski definition) is 6. The summed E-state index contributed by atoms with van der Waals surface area (Å²) in [6.45, 7) is 2.25. The fraction of sp³-hybridized carbons (Fsp3) is 0.167. The quantitative estimate of drug-likeness (QED) is 0.296. The predicted molar refractivity (Wildman–Crippen MR) is 124 cm³/mol. The van der Waals surface area contributed by atoms with Crippen molar-refractivity contribution in [2.75, 3.05) is 0 Å². The monoisotopic (exact) mass is 444 g/mol. The molecule has 0 saturated carbocycles. The molecule has 1 aromatic heterocycles. The number of non-ortho nitro benzene ring substituents is 2. The van der Waals surface area contributed by atoms with E-state index in [1.807, 2.05) is 31.2 Å². The third kappa shape index (κ3) is 4.47. The third-order valence-electron chi connectivity index (χ3n) is 5.39. The largest absolute Gasteiger partial charge is 0.292 e. The van der Waals surface area contributed by atoms with Gasteiger partial charge >= 0.3 is 0 Å². The topological polar surface area (TPSA) is 121 Å². The molecule has 33 heavy (non-hydrogen) atoms. The number of hydrogen-bond donors (Lipinski definition) is 0. The maximum absolute atomic E-state index is 13.2. The summed E-state index contributed by atoms with van der Waals surface area (Å²) in [6, 6.07) is 17.9. The van der Waals surface area contributed by atoms with Crippen molar-refractivity contribution < 1.29 is 9.85 Å². The number of nitro groups is 2. The van der Waals surface area contributed by atoms with Gasteiger partial charge in [0.05, 0.1) is 27.3 Å². The average molecular weight is 444 g/mol. The van der Waals surface area contributed by atoms with Crippen LogP contribution in [-0.2, 0) is 13.0 Å². The van der Waals surface area contributed by atoms with E-state index in [1.54, 1.807) is 16.7 Å². The second-order valence-electron chi connectivity index (χ2n) is 7.63. The van der Waals surface area contributed by atoms with E-state index in [-0.39, 0.29) is 28.9 Å². The molecular formula is C24H20N4O5. The molecule has 4 aromatic rings. The van der Waals surface area contributed by atoms with Gasteiger partial charge in [-0.3, -0.25) is 29.6 Å².